The zero-order valence-electron chi connectivity index (χ0n) is 10.7. The molecule has 0 bridgehead atoms. The van der Waals surface area contributed by atoms with Crippen LogP contribution >= 0.6 is 15.9 Å². The van der Waals surface area contributed by atoms with E-state index in [1.165, 1.54) is 6.08 Å². The molecule has 0 saturated carbocycles. The van der Waals surface area contributed by atoms with Gasteiger partial charge in [-0.2, -0.15) is 0 Å². The zero-order valence-corrected chi connectivity index (χ0v) is 12.3. The minimum absolute atomic E-state index is 0.0970. The lowest BCUT2D eigenvalue weighted by molar-refractivity contribution is 0.196. The number of halogens is 1. The minimum Gasteiger partial charge on any atom is -0.474 e. The monoisotopic (exact) mass is 342 g/mol. The molecule has 0 radical (unpaired) electrons. The van der Waals surface area contributed by atoms with Crippen molar-refractivity contribution in [3.63, 3.8) is 0 Å². The van der Waals surface area contributed by atoms with Crippen molar-refractivity contribution in [3.8, 4) is 0 Å². The highest BCUT2D eigenvalue weighted by Gasteiger charge is 2.11. The molecule has 1 rings (SSSR count). The van der Waals surface area contributed by atoms with Gasteiger partial charge in [0.05, 0.1) is 0 Å². The van der Waals surface area contributed by atoms with Crippen LogP contribution in [0.1, 0.15) is 5.56 Å². The number of amides is 2. The third kappa shape index (κ3) is 4.86. The van der Waals surface area contributed by atoms with E-state index in [1.807, 2.05) is 0 Å². The van der Waals surface area contributed by atoms with Gasteiger partial charge in [-0.05, 0) is 6.07 Å². The smallest absolute Gasteiger partial charge is 0.334 e. The van der Waals surface area contributed by atoms with Gasteiger partial charge >= 0.3 is 6.03 Å². The molecule has 0 fully saturated rings. The second-order valence-corrected chi connectivity index (χ2v) is 4.33. The molecule has 0 spiro atoms. The molecule has 8 nitrogen and oxygen atoms in total. The molecule has 1 aromatic rings. The highest BCUT2D eigenvalue weighted by atomic mass is 79.9. The number of carbonyl (C=O) groups excluding carboxylic acids is 1. The number of aromatic nitrogens is 1. The maximum atomic E-state index is 11.5. The van der Waals surface area contributed by atoms with E-state index in [0.717, 1.165) is 10.7 Å². The highest BCUT2D eigenvalue weighted by Crippen LogP contribution is 2.23. The molecule has 9 heteroatoms. The van der Waals surface area contributed by atoms with Gasteiger partial charge in [0.25, 0.3) is 0 Å². The van der Waals surface area contributed by atoms with E-state index in [9.17, 15) is 4.79 Å². The standard InChI is InChI=1S/C11H15BrN6O2/c1-15-18-11(19)17-10-7(8(12)3-5-16-10)6-20-9(14)2-4-13/h2-5,13,15H,6,14H2,1H3,(H2,16,17,18,19). The summed E-state index contributed by atoms with van der Waals surface area (Å²) in [4.78, 5) is 15.5. The molecule has 1 aromatic heterocycles. The Morgan fingerprint density at radius 2 is 2.40 bits per heavy atom. The third-order valence-electron chi connectivity index (χ3n) is 2.10. The molecule has 1 heterocycles. The van der Waals surface area contributed by atoms with Gasteiger partial charge in [-0.3, -0.25) is 10.7 Å². The van der Waals surface area contributed by atoms with Crippen molar-refractivity contribution < 1.29 is 9.53 Å². The van der Waals surface area contributed by atoms with Crippen LogP contribution in [0.4, 0.5) is 10.6 Å². The molecule has 0 aliphatic carbocycles. The van der Waals surface area contributed by atoms with Crippen molar-refractivity contribution in [1.82, 2.24) is 15.8 Å². The van der Waals surface area contributed by atoms with Gasteiger partial charge in [0.15, 0.2) is 5.88 Å². The lowest BCUT2D eigenvalue weighted by atomic mass is 10.2. The predicted octanol–water partition coefficient (Wildman–Crippen LogP) is 1.07. The molecule has 2 amide bonds. The Labute approximate surface area is 124 Å². The van der Waals surface area contributed by atoms with Crippen LogP contribution in [-0.4, -0.2) is 24.3 Å². The number of nitrogens with zero attached hydrogens (tertiary/aromatic N) is 1. The first-order valence-electron chi connectivity index (χ1n) is 5.54. The first kappa shape index (κ1) is 15.9. The zero-order chi connectivity index (χ0) is 15.0. The number of anilines is 1. The summed E-state index contributed by atoms with van der Waals surface area (Å²) >= 11 is 3.35. The van der Waals surface area contributed by atoms with Crippen LogP contribution in [0.2, 0.25) is 0 Å². The molecule has 0 atom stereocenters. The Balaban J connectivity index is 2.85. The van der Waals surface area contributed by atoms with Crippen LogP contribution in [0.15, 0.2) is 28.7 Å². The van der Waals surface area contributed by atoms with Gasteiger partial charge in [-0.15, -0.1) is 0 Å². The molecular weight excluding hydrogens is 328 g/mol. The van der Waals surface area contributed by atoms with Gasteiger partial charge in [-0.1, -0.05) is 15.9 Å². The van der Waals surface area contributed by atoms with E-state index in [2.05, 4.69) is 37.1 Å². The molecule has 0 unspecified atom stereocenters. The fraction of sp³-hybridized carbons (Fsp3) is 0.182. The lowest BCUT2D eigenvalue weighted by Crippen LogP contribution is -2.38. The molecule has 0 aliphatic rings. The second kappa shape index (κ2) is 8.12. The van der Waals surface area contributed by atoms with Crippen LogP contribution in [0.3, 0.4) is 0 Å². The Morgan fingerprint density at radius 1 is 1.65 bits per heavy atom. The molecule has 0 saturated heterocycles. The number of ether oxygens (including phenoxy) is 1. The number of urea groups is 1. The summed E-state index contributed by atoms with van der Waals surface area (Å²) in [6, 6.07) is 1.26. The second-order valence-electron chi connectivity index (χ2n) is 3.47. The first-order valence-corrected chi connectivity index (χ1v) is 6.34. The quantitative estimate of drug-likeness (QED) is 0.300. The Bertz CT molecular complexity index is 520. The topological polar surface area (TPSA) is 125 Å². The van der Waals surface area contributed by atoms with E-state index in [4.69, 9.17) is 15.9 Å². The van der Waals surface area contributed by atoms with Gasteiger partial charge in [0.1, 0.15) is 12.4 Å². The average molecular weight is 343 g/mol. The van der Waals surface area contributed by atoms with E-state index < -0.39 is 6.03 Å². The largest absolute Gasteiger partial charge is 0.474 e. The van der Waals surface area contributed by atoms with Crippen molar-refractivity contribution in [2.75, 3.05) is 12.4 Å². The highest BCUT2D eigenvalue weighted by molar-refractivity contribution is 9.10. The maximum absolute atomic E-state index is 11.5. The number of hydrogen-bond acceptors (Lipinski definition) is 6. The number of carbonyl (C=O) groups is 1. The van der Waals surface area contributed by atoms with E-state index >= 15 is 0 Å². The molecule has 0 aromatic carbocycles. The van der Waals surface area contributed by atoms with Gasteiger partial charge in [0.2, 0.25) is 0 Å². The summed E-state index contributed by atoms with van der Waals surface area (Å²) < 4.78 is 5.98. The van der Waals surface area contributed by atoms with Gasteiger partial charge < -0.3 is 15.9 Å². The number of allylic oxidation sites excluding steroid dienone is 1. The van der Waals surface area contributed by atoms with Crippen molar-refractivity contribution in [3.05, 3.63) is 34.3 Å². The first-order chi connectivity index (χ1) is 9.58. The summed E-state index contributed by atoms with van der Waals surface area (Å²) in [7, 11) is 1.57. The Kier molecular flexibility index (Phi) is 6.47. The van der Waals surface area contributed by atoms with Crippen LogP contribution in [0, 0.1) is 5.41 Å². The summed E-state index contributed by atoms with van der Waals surface area (Å²) in [5, 5.41) is 9.45. The van der Waals surface area contributed by atoms with Crippen LogP contribution in [0.5, 0.6) is 0 Å². The minimum atomic E-state index is -0.456. The normalized spacial score (nSPS) is 10.8. The van der Waals surface area contributed by atoms with Gasteiger partial charge in [0, 0.05) is 35.6 Å². The number of pyridine rings is 1. The van der Waals surface area contributed by atoms with E-state index in [1.54, 1.807) is 19.3 Å². The van der Waals surface area contributed by atoms with Gasteiger partial charge in [-0.25, -0.2) is 15.2 Å². The van der Waals surface area contributed by atoms with E-state index in [0.29, 0.717) is 11.4 Å². The average Bonchev–Trinajstić information content (AvgIpc) is 2.38. The fourth-order valence-corrected chi connectivity index (χ4v) is 1.67. The SMILES string of the molecule is CNNC(=O)Nc1nccc(Br)c1COC(N)=CC=N. The van der Waals surface area contributed by atoms with Crippen molar-refractivity contribution in [2.45, 2.75) is 6.61 Å². The molecule has 6 N–H and O–H groups in total. The summed E-state index contributed by atoms with van der Waals surface area (Å²) in [5.74, 6) is 0.441. The number of rotatable bonds is 6. The fourth-order valence-electron chi connectivity index (χ4n) is 1.25. The summed E-state index contributed by atoms with van der Waals surface area (Å²) in [6.45, 7) is 0.0970. The maximum Gasteiger partial charge on any atom is 0.334 e. The molecular formula is C11H15BrN6O2. The number of hydrogen-bond donors (Lipinski definition) is 5. The molecule has 0 aliphatic heterocycles. The Hall–Kier alpha value is -2.13. The summed E-state index contributed by atoms with van der Waals surface area (Å²) in [5.41, 5.74) is 11.0. The van der Waals surface area contributed by atoms with Crippen molar-refractivity contribution in [1.29, 1.82) is 5.41 Å². The number of nitrogens with two attached hydrogens (primary N) is 1. The Morgan fingerprint density at radius 3 is 3.05 bits per heavy atom. The molecule has 20 heavy (non-hydrogen) atoms. The number of hydrazine groups is 1. The third-order valence-corrected chi connectivity index (χ3v) is 2.84. The van der Waals surface area contributed by atoms with Crippen LogP contribution in [-0.2, 0) is 11.3 Å². The predicted molar refractivity (Wildman–Crippen MR) is 79.0 cm³/mol. The van der Waals surface area contributed by atoms with Crippen molar-refractivity contribution in [2.24, 2.45) is 5.73 Å². The lowest BCUT2D eigenvalue weighted by Gasteiger charge is -2.13. The summed E-state index contributed by atoms with van der Waals surface area (Å²) in [6.07, 6.45) is 3.87. The molecule has 108 valence electrons. The van der Waals surface area contributed by atoms with E-state index in [-0.39, 0.29) is 12.5 Å². The van der Waals surface area contributed by atoms with Crippen molar-refractivity contribution >= 4 is 34.0 Å². The van der Waals surface area contributed by atoms with Crippen LogP contribution < -0.4 is 21.9 Å². The van der Waals surface area contributed by atoms with Crippen LogP contribution in [0.25, 0.3) is 0 Å². The number of nitrogens with one attached hydrogen (secondary N) is 4.